The van der Waals surface area contributed by atoms with Gasteiger partial charge in [0, 0.05) is 12.2 Å². The van der Waals surface area contributed by atoms with E-state index in [1.165, 1.54) is 12.1 Å². The summed E-state index contributed by atoms with van der Waals surface area (Å²) in [5, 5.41) is 11.1. The van der Waals surface area contributed by atoms with Crippen LogP contribution in [0, 0.1) is 13.8 Å². The Morgan fingerprint density at radius 3 is 2.20 bits per heavy atom. The number of amides is 1. The predicted molar refractivity (Wildman–Crippen MR) is 98.9 cm³/mol. The largest absolute Gasteiger partial charge is 0.376 e. The summed E-state index contributed by atoms with van der Waals surface area (Å²) in [6.45, 7) is 4.68. The molecule has 7 heteroatoms. The second-order valence-electron chi connectivity index (χ2n) is 5.91. The maximum absolute atomic E-state index is 11.9. The molecule has 6 nitrogen and oxygen atoms in total. The number of nitrogens with one attached hydrogen (secondary N) is 2. The molecule has 0 unspecified atom stereocenters. The number of carbonyl (C=O) groups is 1. The molecule has 0 saturated carbocycles. The number of hydrogen-bond donors (Lipinski definition) is 3. The minimum absolute atomic E-state index is 0.0816. The molecule has 25 heavy (non-hydrogen) atoms. The van der Waals surface area contributed by atoms with Gasteiger partial charge in [-0.15, -0.1) is 0 Å². The average Bonchev–Trinajstić information content (AvgIpc) is 2.54. The van der Waals surface area contributed by atoms with E-state index < -0.39 is 10.0 Å². The van der Waals surface area contributed by atoms with Crippen LogP contribution in [0.3, 0.4) is 0 Å². The summed E-state index contributed by atoms with van der Waals surface area (Å²) in [6.07, 6.45) is 0.611. The molecule has 0 spiro atoms. The molecule has 2 rings (SSSR count). The Hall–Kier alpha value is -2.38. The summed E-state index contributed by atoms with van der Waals surface area (Å²) in [5.41, 5.74) is 4.11. The molecule has 4 N–H and O–H groups in total. The van der Waals surface area contributed by atoms with E-state index in [1.54, 1.807) is 12.1 Å². The second-order valence-corrected chi connectivity index (χ2v) is 7.47. The molecule has 2 aromatic rings. The fourth-order valence-electron chi connectivity index (χ4n) is 2.52. The maximum Gasteiger partial charge on any atom is 0.239 e. The number of benzene rings is 2. The highest BCUT2D eigenvalue weighted by atomic mass is 32.2. The highest BCUT2D eigenvalue weighted by Gasteiger charge is 2.07. The van der Waals surface area contributed by atoms with Crippen molar-refractivity contribution in [3.63, 3.8) is 0 Å². The van der Waals surface area contributed by atoms with Crippen LogP contribution in [-0.2, 0) is 21.2 Å². The van der Waals surface area contributed by atoms with E-state index in [0.29, 0.717) is 13.0 Å². The van der Waals surface area contributed by atoms with Crippen LogP contribution in [0.25, 0.3) is 0 Å². The van der Waals surface area contributed by atoms with Crippen LogP contribution in [0.4, 0.5) is 5.69 Å². The molecule has 0 aliphatic carbocycles. The molecular weight excluding hydrogens is 338 g/mol. The standard InChI is InChI=1S/C18H23N3O3S/c1-13-4-3-5-14(2)18(13)21-12-17(22)20-11-10-15-6-8-16(9-7-15)25(19,23)24/h3-9,21H,10-12H2,1-2H3,(H,20,22)(H2,19,23,24). The van der Waals surface area contributed by atoms with Crippen molar-refractivity contribution in [2.45, 2.75) is 25.2 Å². The Morgan fingerprint density at radius 2 is 1.64 bits per heavy atom. The lowest BCUT2D eigenvalue weighted by atomic mass is 10.1. The van der Waals surface area contributed by atoms with Gasteiger partial charge in [0.1, 0.15) is 0 Å². The lowest BCUT2D eigenvalue weighted by Gasteiger charge is -2.12. The normalized spacial score (nSPS) is 11.2. The fourth-order valence-corrected chi connectivity index (χ4v) is 3.03. The lowest BCUT2D eigenvalue weighted by molar-refractivity contribution is -0.119. The van der Waals surface area contributed by atoms with Gasteiger partial charge in [-0.1, -0.05) is 30.3 Å². The fraction of sp³-hybridized carbons (Fsp3) is 0.278. The number of aryl methyl sites for hydroxylation is 2. The molecule has 0 aromatic heterocycles. The Balaban J connectivity index is 1.79. The number of sulfonamides is 1. The van der Waals surface area contributed by atoms with Crippen molar-refractivity contribution in [1.29, 1.82) is 0 Å². The van der Waals surface area contributed by atoms with Gasteiger partial charge >= 0.3 is 0 Å². The van der Waals surface area contributed by atoms with E-state index in [4.69, 9.17) is 5.14 Å². The maximum atomic E-state index is 11.9. The molecule has 0 radical (unpaired) electrons. The molecule has 0 saturated heterocycles. The molecule has 2 aromatic carbocycles. The average molecular weight is 361 g/mol. The summed E-state index contributed by atoms with van der Waals surface area (Å²) in [6, 6.07) is 12.3. The third-order valence-electron chi connectivity index (χ3n) is 3.89. The van der Waals surface area contributed by atoms with E-state index in [-0.39, 0.29) is 17.3 Å². The number of anilines is 1. The Morgan fingerprint density at radius 1 is 1.04 bits per heavy atom. The molecule has 0 aliphatic heterocycles. The van der Waals surface area contributed by atoms with Gasteiger partial charge in [0.25, 0.3) is 0 Å². The zero-order valence-electron chi connectivity index (χ0n) is 14.4. The second kappa shape index (κ2) is 8.13. The van der Waals surface area contributed by atoms with Gasteiger partial charge < -0.3 is 10.6 Å². The smallest absolute Gasteiger partial charge is 0.239 e. The highest BCUT2D eigenvalue weighted by Crippen LogP contribution is 2.18. The molecule has 0 heterocycles. The highest BCUT2D eigenvalue weighted by molar-refractivity contribution is 7.89. The van der Waals surface area contributed by atoms with Gasteiger partial charge in [0.15, 0.2) is 0 Å². The predicted octanol–water partition coefficient (Wildman–Crippen LogP) is 1.72. The molecule has 0 bridgehead atoms. The zero-order chi connectivity index (χ0) is 18.4. The van der Waals surface area contributed by atoms with Gasteiger partial charge in [-0.3, -0.25) is 4.79 Å². The number of rotatable bonds is 7. The van der Waals surface area contributed by atoms with Crippen LogP contribution in [0.1, 0.15) is 16.7 Å². The van der Waals surface area contributed by atoms with E-state index in [2.05, 4.69) is 10.6 Å². The Bertz CT molecular complexity index is 826. The number of nitrogens with two attached hydrogens (primary N) is 1. The van der Waals surface area contributed by atoms with Crippen molar-refractivity contribution in [2.24, 2.45) is 5.14 Å². The molecule has 0 aliphatic rings. The number of primary sulfonamides is 1. The van der Waals surface area contributed by atoms with Gasteiger partial charge in [-0.2, -0.15) is 0 Å². The van der Waals surface area contributed by atoms with E-state index >= 15 is 0 Å². The molecule has 134 valence electrons. The van der Waals surface area contributed by atoms with Crippen LogP contribution in [0.2, 0.25) is 0 Å². The first-order valence-electron chi connectivity index (χ1n) is 7.96. The first-order chi connectivity index (χ1) is 11.8. The molecule has 0 fully saturated rings. The summed E-state index contributed by atoms with van der Waals surface area (Å²) in [7, 11) is -3.67. The molecule has 1 amide bonds. The van der Waals surface area contributed by atoms with Crippen molar-refractivity contribution in [3.05, 3.63) is 59.2 Å². The Labute approximate surface area is 148 Å². The molecule has 0 atom stereocenters. The minimum atomic E-state index is -3.67. The van der Waals surface area contributed by atoms with Crippen LogP contribution < -0.4 is 15.8 Å². The van der Waals surface area contributed by atoms with Crippen molar-refractivity contribution in [1.82, 2.24) is 5.32 Å². The van der Waals surface area contributed by atoms with Crippen LogP contribution >= 0.6 is 0 Å². The topological polar surface area (TPSA) is 101 Å². The first-order valence-corrected chi connectivity index (χ1v) is 9.50. The lowest BCUT2D eigenvalue weighted by Crippen LogP contribution is -2.31. The summed E-state index contributed by atoms with van der Waals surface area (Å²) < 4.78 is 22.4. The quantitative estimate of drug-likeness (QED) is 0.699. The van der Waals surface area contributed by atoms with Gasteiger partial charge in [-0.05, 0) is 49.1 Å². The number of hydrogen-bond acceptors (Lipinski definition) is 4. The van der Waals surface area contributed by atoms with Crippen molar-refractivity contribution in [2.75, 3.05) is 18.4 Å². The SMILES string of the molecule is Cc1cccc(C)c1NCC(=O)NCCc1ccc(S(N)(=O)=O)cc1. The van der Waals surface area contributed by atoms with Crippen LogP contribution in [0.15, 0.2) is 47.4 Å². The third-order valence-corrected chi connectivity index (χ3v) is 4.82. The summed E-state index contributed by atoms with van der Waals surface area (Å²) in [5.74, 6) is -0.0937. The first kappa shape index (κ1) is 19.0. The van der Waals surface area contributed by atoms with Crippen molar-refractivity contribution in [3.8, 4) is 0 Å². The summed E-state index contributed by atoms with van der Waals surface area (Å²) in [4.78, 5) is 12.0. The van der Waals surface area contributed by atoms with Crippen LogP contribution in [-0.4, -0.2) is 27.4 Å². The van der Waals surface area contributed by atoms with E-state index in [1.807, 2.05) is 32.0 Å². The van der Waals surface area contributed by atoms with Gasteiger partial charge in [0.05, 0.1) is 11.4 Å². The summed E-state index contributed by atoms with van der Waals surface area (Å²) >= 11 is 0. The zero-order valence-corrected chi connectivity index (χ0v) is 15.2. The molecular formula is C18H23N3O3S. The van der Waals surface area contributed by atoms with Gasteiger partial charge in [0.2, 0.25) is 15.9 Å². The minimum Gasteiger partial charge on any atom is -0.376 e. The van der Waals surface area contributed by atoms with Crippen molar-refractivity contribution >= 4 is 21.6 Å². The number of para-hydroxylation sites is 1. The third kappa shape index (κ3) is 5.58. The van der Waals surface area contributed by atoms with E-state index in [0.717, 1.165) is 22.4 Å². The monoisotopic (exact) mass is 361 g/mol. The van der Waals surface area contributed by atoms with Gasteiger partial charge in [-0.25, -0.2) is 13.6 Å². The van der Waals surface area contributed by atoms with E-state index in [9.17, 15) is 13.2 Å². The number of carbonyl (C=O) groups excluding carboxylic acids is 1. The van der Waals surface area contributed by atoms with Crippen LogP contribution in [0.5, 0.6) is 0 Å². The van der Waals surface area contributed by atoms with Crippen molar-refractivity contribution < 1.29 is 13.2 Å². The Kier molecular flexibility index (Phi) is 6.17.